The van der Waals surface area contributed by atoms with E-state index in [1.165, 1.54) is 12.1 Å². The first-order valence-electron chi connectivity index (χ1n) is 10.6. The first kappa shape index (κ1) is 19.7. The van der Waals surface area contributed by atoms with Crippen LogP contribution in [0, 0.1) is 11.0 Å². The highest BCUT2D eigenvalue weighted by Crippen LogP contribution is 2.23. The Kier molecular flexibility index (Phi) is 5.19. The number of carbonyl (C=O) groups excluding carboxylic acids is 1. The highest BCUT2D eigenvalue weighted by Gasteiger charge is 2.30. The van der Waals surface area contributed by atoms with E-state index in [0.29, 0.717) is 34.1 Å². The molecule has 3 aromatic rings. The van der Waals surface area contributed by atoms with E-state index in [2.05, 4.69) is 19.6 Å². The monoisotopic (exact) mass is 425 g/mol. The van der Waals surface area contributed by atoms with E-state index >= 15 is 0 Å². The SMILES string of the molecule is O=C(c1ccc2c(c1)no[n+]2[O-])N1CCCC(N2CCN(c3ccc(F)cc3)CC2)C1. The minimum absolute atomic E-state index is 0.0444. The maximum atomic E-state index is 13.2. The average Bonchev–Trinajstić information content (AvgIpc) is 3.19. The molecule has 2 aromatic carbocycles. The van der Waals surface area contributed by atoms with Crippen LogP contribution >= 0.6 is 0 Å². The lowest BCUT2D eigenvalue weighted by Gasteiger charge is -2.44. The molecule has 31 heavy (non-hydrogen) atoms. The topological polar surface area (TPSA) is 79.8 Å². The van der Waals surface area contributed by atoms with Crippen LogP contribution in [0.25, 0.3) is 11.0 Å². The minimum Gasteiger partial charge on any atom is -0.369 e. The predicted octanol–water partition coefficient (Wildman–Crippen LogP) is 2.03. The van der Waals surface area contributed by atoms with Gasteiger partial charge in [0, 0.05) is 67.8 Å². The van der Waals surface area contributed by atoms with Gasteiger partial charge < -0.3 is 15.0 Å². The molecular weight excluding hydrogens is 401 g/mol. The number of rotatable bonds is 3. The molecule has 1 atom stereocenters. The van der Waals surface area contributed by atoms with E-state index in [4.69, 9.17) is 0 Å². The van der Waals surface area contributed by atoms with Crippen LogP contribution in [0.5, 0.6) is 0 Å². The molecule has 0 saturated carbocycles. The van der Waals surface area contributed by atoms with Crippen LogP contribution in [0.15, 0.2) is 47.1 Å². The van der Waals surface area contributed by atoms with Crippen molar-refractivity contribution in [2.75, 3.05) is 44.2 Å². The van der Waals surface area contributed by atoms with Crippen LogP contribution in [0.4, 0.5) is 10.1 Å². The van der Waals surface area contributed by atoms with Crippen molar-refractivity contribution in [3.8, 4) is 0 Å². The maximum absolute atomic E-state index is 13.2. The second kappa shape index (κ2) is 8.14. The van der Waals surface area contributed by atoms with Gasteiger partial charge in [-0.15, -0.1) is 0 Å². The van der Waals surface area contributed by atoms with Crippen molar-refractivity contribution >= 4 is 22.6 Å². The van der Waals surface area contributed by atoms with Crippen molar-refractivity contribution in [3.05, 3.63) is 59.1 Å². The van der Waals surface area contributed by atoms with Crippen molar-refractivity contribution < 1.29 is 18.7 Å². The second-order valence-corrected chi connectivity index (χ2v) is 8.18. The number of hydrogen-bond donors (Lipinski definition) is 0. The summed E-state index contributed by atoms with van der Waals surface area (Å²) in [5, 5.41) is 15.2. The van der Waals surface area contributed by atoms with Gasteiger partial charge in [-0.2, -0.15) is 0 Å². The lowest BCUT2D eigenvalue weighted by Crippen LogP contribution is -2.55. The summed E-state index contributed by atoms with van der Waals surface area (Å²) in [4.78, 5) is 20.0. The van der Waals surface area contributed by atoms with Crippen LogP contribution in [0.2, 0.25) is 0 Å². The molecule has 0 N–H and O–H groups in total. The van der Waals surface area contributed by atoms with Gasteiger partial charge in [-0.25, -0.2) is 4.39 Å². The number of nitrogens with zero attached hydrogens (tertiary/aromatic N) is 5. The Bertz CT molecular complexity index is 1080. The quantitative estimate of drug-likeness (QED) is 0.598. The number of hydrogen-bond acceptors (Lipinski definition) is 6. The Morgan fingerprint density at radius 3 is 2.65 bits per heavy atom. The number of benzene rings is 2. The number of carbonyl (C=O) groups is 1. The Balaban J connectivity index is 1.22. The van der Waals surface area contributed by atoms with Gasteiger partial charge in [0.05, 0.1) is 0 Å². The molecule has 0 radical (unpaired) electrons. The molecule has 2 aliphatic heterocycles. The molecule has 3 heterocycles. The van der Waals surface area contributed by atoms with E-state index in [9.17, 15) is 14.4 Å². The Labute approximate surface area is 179 Å². The summed E-state index contributed by atoms with van der Waals surface area (Å²) >= 11 is 0. The molecule has 2 saturated heterocycles. The van der Waals surface area contributed by atoms with Gasteiger partial charge in [0.25, 0.3) is 5.91 Å². The summed E-state index contributed by atoms with van der Waals surface area (Å²) in [5.41, 5.74) is 2.26. The minimum atomic E-state index is -0.218. The smallest absolute Gasteiger partial charge is 0.254 e. The van der Waals surface area contributed by atoms with E-state index in [1.54, 1.807) is 18.2 Å². The summed E-state index contributed by atoms with van der Waals surface area (Å²) in [6, 6.07) is 11.8. The van der Waals surface area contributed by atoms with Gasteiger partial charge in [-0.05, 0) is 54.1 Å². The van der Waals surface area contributed by atoms with Crippen molar-refractivity contribution in [3.63, 3.8) is 0 Å². The summed E-state index contributed by atoms with van der Waals surface area (Å²) in [6.45, 7) is 5.01. The Morgan fingerprint density at radius 2 is 1.87 bits per heavy atom. The fraction of sp³-hybridized carbons (Fsp3) is 0.409. The standard InChI is InChI=1S/C22H24FN5O3/c23-17-4-6-18(7-5-17)25-10-12-26(13-11-25)19-2-1-9-27(15-19)22(29)16-3-8-21-20(14-16)24-31-28(21)30/h3-8,14,19H,1-2,9-13,15H2. The third kappa shape index (κ3) is 3.93. The predicted molar refractivity (Wildman–Crippen MR) is 112 cm³/mol. The van der Waals surface area contributed by atoms with Crippen LogP contribution in [-0.4, -0.2) is 66.2 Å². The molecule has 1 aromatic heterocycles. The molecule has 1 unspecified atom stereocenters. The highest BCUT2D eigenvalue weighted by molar-refractivity contribution is 5.97. The molecule has 0 aliphatic carbocycles. The molecule has 8 nitrogen and oxygen atoms in total. The number of halogens is 1. The lowest BCUT2D eigenvalue weighted by molar-refractivity contribution is -0.782. The van der Waals surface area contributed by atoms with Crippen molar-refractivity contribution in [1.29, 1.82) is 0 Å². The Morgan fingerprint density at radius 1 is 1.10 bits per heavy atom. The van der Waals surface area contributed by atoms with Gasteiger partial charge in [0.15, 0.2) is 0 Å². The molecular formula is C22H24FN5O3. The van der Waals surface area contributed by atoms with E-state index in [0.717, 1.165) is 51.3 Å². The van der Waals surface area contributed by atoms with Crippen molar-refractivity contribution in [2.24, 2.45) is 0 Å². The fourth-order valence-electron chi connectivity index (χ4n) is 4.63. The number of piperazine rings is 1. The molecule has 0 bridgehead atoms. The third-order valence-corrected chi connectivity index (χ3v) is 6.34. The van der Waals surface area contributed by atoms with E-state index in [-0.39, 0.29) is 11.7 Å². The molecule has 9 heteroatoms. The van der Waals surface area contributed by atoms with Gasteiger partial charge in [0.1, 0.15) is 5.82 Å². The number of likely N-dealkylation sites (tertiary alicyclic amines) is 1. The average molecular weight is 425 g/mol. The van der Waals surface area contributed by atoms with E-state index < -0.39 is 0 Å². The molecule has 2 aliphatic rings. The summed E-state index contributed by atoms with van der Waals surface area (Å²) in [6.07, 6.45) is 2.03. The second-order valence-electron chi connectivity index (χ2n) is 8.18. The first-order chi connectivity index (χ1) is 15.1. The summed E-state index contributed by atoms with van der Waals surface area (Å²) in [5.74, 6) is -0.263. The zero-order valence-corrected chi connectivity index (χ0v) is 17.1. The van der Waals surface area contributed by atoms with Crippen LogP contribution in [0.1, 0.15) is 23.2 Å². The lowest BCUT2D eigenvalue weighted by atomic mass is 10.0. The van der Waals surface area contributed by atoms with Crippen LogP contribution in [-0.2, 0) is 0 Å². The van der Waals surface area contributed by atoms with Gasteiger partial charge in [0.2, 0.25) is 11.0 Å². The molecule has 2 fully saturated rings. The summed E-state index contributed by atoms with van der Waals surface area (Å²) in [7, 11) is 0. The highest BCUT2D eigenvalue weighted by atomic mass is 19.1. The molecule has 162 valence electrons. The normalized spacial score (nSPS) is 20.4. The van der Waals surface area contributed by atoms with E-state index in [1.807, 2.05) is 17.0 Å². The van der Waals surface area contributed by atoms with Crippen molar-refractivity contribution in [2.45, 2.75) is 18.9 Å². The zero-order valence-electron chi connectivity index (χ0n) is 17.1. The van der Waals surface area contributed by atoms with Crippen LogP contribution < -0.4 is 9.80 Å². The maximum Gasteiger partial charge on any atom is 0.254 e. The van der Waals surface area contributed by atoms with Gasteiger partial charge >= 0.3 is 0 Å². The van der Waals surface area contributed by atoms with Gasteiger partial charge in [-0.3, -0.25) is 14.3 Å². The first-order valence-corrected chi connectivity index (χ1v) is 10.6. The zero-order chi connectivity index (χ0) is 21.4. The largest absolute Gasteiger partial charge is 0.369 e. The Hall–Kier alpha value is -3.20. The fourth-order valence-corrected chi connectivity index (χ4v) is 4.63. The molecule has 5 rings (SSSR count). The number of amides is 1. The molecule has 1 amide bonds. The van der Waals surface area contributed by atoms with Crippen LogP contribution in [0.3, 0.4) is 0 Å². The number of piperidine rings is 1. The number of fused-ring (bicyclic) bond motifs is 1. The number of aromatic nitrogens is 2. The van der Waals surface area contributed by atoms with Gasteiger partial charge in [-0.1, -0.05) is 0 Å². The third-order valence-electron chi connectivity index (χ3n) is 6.34. The number of anilines is 1. The van der Waals surface area contributed by atoms with Crippen molar-refractivity contribution in [1.82, 2.24) is 15.0 Å². The summed E-state index contributed by atoms with van der Waals surface area (Å²) < 4.78 is 17.8. The molecule has 0 spiro atoms.